The van der Waals surface area contributed by atoms with Gasteiger partial charge in [0.05, 0.1) is 0 Å². The third-order valence-corrected chi connectivity index (χ3v) is 4.46. The summed E-state index contributed by atoms with van der Waals surface area (Å²) in [6, 6.07) is 26.0. The molecule has 0 aromatic heterocycles. The lowest BCUT2D eigenvalue weighted by atomic mass is 10.0. The summed E-state index contributed by atoms with van der Waals surface area (Å²) in [5.41, 5.74) is 2.27. The SMILES string of the molecule is N#C/C(=C\c1ccccc1OCc1ccc(Br)cc1)C(=O)c1ccccc1. The van der Waals surface area contributed by atoms with Gasteiger partial charge in [0.2, 0.25) is 5.78 Å². The molecule has 0 saturated heterocycles. The van der Waals surface area contributed by atoms with Crippen molar-refractivity contribution in [3.8, 4) is 11.8 Å². The summed E-state index contributed by atoms with van der Waals surface area (Å²) in [5.74, 6) is 0.315. The van der Waals surface area contributed by atoms with Crippen molar-refractivity contribution >= 4 is 27.8 Å². The molecule has 0 saturated carbocycles. The summed E-state index contributed by atoms with van der Waals surface area (Å²) < 4.78 is 6.92. The van der Waals surface area contributed by atoms with E-state index in [-0.39, 0.29) is 11.4 Å². The van der Waals surface area contributed by atoms with Crippen LogP contribution in [0.3, 0.4) is 0 Å². The van der Waals surface area contributed by atoms with E-state index >= 15 is 0 Å². The van der Waals surface area contributed by atoms with Crippen LogP contribution in [-0.2, 0) is 6.61 Å². The van der Waals surface area contributed by atoms with Gasteiger partial charge < -0.3 is 4.74 Å². The highest BCUT2D eigenvalue weighted by Gasteiger charge is 2.13. The largest absolute Gasteiger partial charge is 0.488 e. The molecular weight excluding hydrogens is 402 g/mol. The second kappa shape index (κ2) is 8.98. The van der Waals surface area contributed by atoms with E-state index in [1.807, 2.05) is 60.7 Å². The second-order valence-electron chi connectivity index (χ2n) is 5.82. The van der Waals surface area contributed by atoms with E-state index in [2.05, 4.69) is 15.9 Å². The molecule has 0 N–H and O–H groups in total. The molecule has 0 spiro atoms. The van der Waals surface area contributed by atoms with Crippen molar-refractivity contribution in [2.24, 2.45) is 0 Å². The highest BCUT2D eigenvalue weighted by atomic mass is 79.9. The molecule has 0 aliphatic rings. The third kappa shape index (κ3) is 4.93. The summed E-state index contributed by atoms with van der Waals surface area (Å²) in [5, 5.41) is 9.46. The number of para-hydroxylation sites is 1. The number of hydrogen-bond acceptors (Lipinski definition) is 3. The first-order valence-corrected chi connectivity index (χ1v) is 9.14. The van der Waals surface area contributed by atoms with Gasteiger partial charge in [-0.05, 0) is 29.8 Å². The molecule has 0 bridgehead atoms. The highest BCUT2D eigenvalue weighted by molar-refractivity contribution is 9.10. The Hall–Kier alpha value is -3.16. The van der Waals surface area contributed by atoms with Crippen LogP contribution < -0.4 is 4.74 Å². The van der Waals surface area contributed by atoms with E-state index in [1.54, 1.807) is 30.3 Å². The second-order valence-corrected chi connectivity index (χ2v) is 6.73. The molecule has 3 aromatic rings. The lowest BCUT2D eigenvalue weighted by Gasteiger charge is -2.10. The van der Waals surface area contributed by atoms with Crippen LogP contribution in [0.2, 0.25) is 0 Å². The number of hydrogen-bond donors (Lipinski definition) is 0. The number of rotatable bonds is 6. The fraction of sp³-hybridized carbons (Fsp3) is 0.0435. The molecule has 27 heavy (non-hydrogen) atoms. The van der Waals surface area contributed by atoms with Gasteiger partial charge in [0.25, 0.3) is 0 Å². The van der Waals surface area contributed by atoms with Crippen molar-refractivity contribution < 1.29 is 9.53 Å². The normalized spacial score (nSPS) is 10.9. The van der Waals surface area contributed by atoms with Crippen molar-refractivity contribution in [1.82, 2.24) is 0 Å². The van der Waals surface area contributed by atoms with Gasteiger partial charge in [-0.25, -0.2) is 0 Å². The molecule has 3 nitrogen and oxygen atoms in total. The van der Waals surface area contributed by atoms with Crippen LogP contribution in [0.5, 0.6) is 5.75 Å². The number of allylic oxidation sites excluding steroid dienone is 1. The van der Waals surface area contributed by atoms with Gasteiger partial charge in [0.15, 0.2) is 0 Å². The van der Waals surface area contributed by atoms with Crippen molar-refractivity contribution in [2.75, 3.05) is 0 Å². The zero-order valence-electron chi connectivity index (χ0n) is 14.4. The van der Waals surface area contributed by atoms with Crippen LogP contribution >= 0.6 is 15.9 Å². The average Bonchev–Trinajstić information content (AvgIpc) is 2.72. The molecule has 4 heteroatoms. The van der Waals surface area contributed by atoms with Gasteiger partial charge in [-0.3, -0.25) is 4.79 Å². The maximum Gasteiger partial charge on any atom is 0.203 e. The Balaban J connectivity index is 1.83. The number of halogens is 1. The summed E-state index contributed by atoms with van der Waals surface area (Å²) in [7, 11) is 0. The fourth-order valence-electron chi connectivity index (χ4n) is 2.52. The van der Waals surface area contributed by atoms with E-state index in [0.29, 0.717) is 23.5 Å². The summed E-state index contributed by atoms with van der Waals surface area (Å²) in [6.45, 7) is 0.395. The zero-order chi connectivity index (χ0) is 19.1. The Morgan fingerprint density at radius 1 is 0.963 bits per heavy atom. The lowest BCUT2D eigenvalue weighted by molar-refractivity contribution is 0.104. The first kappa shape index (κ1) is 18.6. The fourth-order valence-corrected chi connectivity index (χ4v) is 2.79. The predicted molar refractivity (Wildman–Crippen MR) is 109 cm³/mol. The first-order chi connectivity index (χ1) is 13.2. The highest BCUT2D eigenvalue weighted by Crippen LogP contribution is 2.23. The third-order valence-electron chi connectivity index (χ3n) is 3.93. The smallest absolute Gasteiger partial charge is 0.203 e. The molecule has 132 valence electrons. The quantitative estimate of drug-likeness (QED) is 0.288. The molecule has 0 radical (unpaired) electrons. The number of carbonyl (C=O) groups is 1. The van der Waals surface area contributed by atoms with E-state index in [4.69, 9.17) is 4.74 Å². The summed E-state index contributed by atoms with van der Waals surface area (Å²) in [4.78, 5) is 12.6. The first-order valence-electron chi connectivity index (χ1n) is 8.35. The maximum atomic E-state index is 12.6. The van der Waals surface area contributed by atoms with Gasteiger partial charge in [-0.15, -0.1) is 0 Å². The number of nitriles is 1. The number of carbonyl (C=O) groups excluding carboxylic acids is 1. The van der Waals surface area contributed by atoms with Crippen LogP contribution in [0.4, 0.5) is 0 Å². The molecule has 0 aliphatic carbocycles. The van der Waals surface area contributed by atoms with Gasteiger partial charge >= 0.3 is 0 Å². The van der Waals surface area contributed by atoms with Crippen molar-refractivity contribution in [3.63, 3.8) is 0 Å². The Kier molecular flexibility index (Phi) is 6.19. The molecule has 0 fully saturated rings. The molecule has 3 rings (SSSR count). The number of ketones is 1. The Morgan fingerprint density at radius 2 is 1.63 bits per heavy atom. The average molecular weight is 418 g/mol. The number of Topliss-reactive ketones (excluding diaryl/α,β-unsaturated/α-hetero) is 1. The van der Waals surface area contributed by atoms with Gasteiger partial charge in [0, 0.05) is 15.6 Å². The van der Waals surface area contributed by atoms with E-state index in [9.17, 15) is 10.1 Å². The minimum atomic E-state index is -0.305. The van der Waals surface area contributed by atoms with Crippen LogP contribution in [0, 0.1) is 11.3 Å². The Labute approximate surface area is 166 Å². The maximum absolute atomic E-state index is 12.6. The summed E-state index contributed by atoms with van der Waals surface area (Å²) >= 11 is 3.41. The van der Waals surface area contributed by atoms with Gasteiger partial charge in [-0.1, -0.05) is 76.6 Å². The topological polar surface area (TPSA) is 50.1 Å². The molecule has 0 heterocycles. The lowest BCUT2D eigenvalue weighted by Crippen LogP contribution is -2.02. The Morgan fingerprint density at radius 3 is 2.33 bits per heavy atom. The molecule has 0 atom stereocenters. The molecule has 0 amide bonds. The van der Waals surface area contributed by atoms with Crippen molar-refractivity contribution in [2.45, 2.75) is 6.61 Å². The monoisotopic (exact) mass is 417 g/mol. The van der Waals surface area contributed by atoms with Crippen molar-refractivity contribution in [3.05, 3.63) is 106 Å². The number of nitrogens with zero attached hydrogens (tertiary/aromatic N) is 1. The van der Waals surface area contributed by atoms with Gasteiger partial charge in [-0.2, -0.15) is 5.26 Å². The van der Waals surface area contributed by atoms with E-state index in [0.717, 1.165) is 10.0 Å². The van der Waals surface area contributed by atoms with E-state index in [1.165, 1.54) is 0 Å². The van der Waals surface area contributed by atoms with Crippen LogP contribution in [0.1, 0.15) is 21.5 Å². The minimum absolute atomic E-state index is 0.0703. The predicted octanol–water partition coefficient (Wildman–Crippen LogP) is 5.82. The van der Waals surface area contributed by atoms with Crippen LogP contribution in [0.25, 0.3) is 6.08 Å². The minimum Gasteiger partial charge on any atom is -0.488 e. The molecule has 0 unspecified atom stereocenters. The Bertz CT molecular complexity index is 1000. The number of ether oxygens (including phenoxy) is 1. The molecule has 0 aliphatic heterocycles. The van der Waals surface area contributed by atoms with Crippen LogP contribution in [-0.4, -0.2) is 5.78 Å². The molecular formula is C23H16BrNO2. The van der Waals surface area contributed by atoms with E-state index < -0.39 is 0 Å². The van der Waals surface area contributed by atoms with Crippen LogP contribution in [0.15, 0.2) is 88.9 Å². The summed E-state index contributed by atoms with van der Waals surface area (Å²) in [6.07, 6.45) is 1.58. The van der Waals surface area contributed by atoms with Crippen molar-refractivity contribution in [1.29, 1.82) is 5.26 Å². The molecule has 3 aromatic carbocycles. The standard InChI is InChI=1S/C23H16BrNO2/c24-21-12-10-17(11-13-21)16-27-22-9-5-4-8-19(22)14-20(15-25)23(26)18-6-2-1-3-7-18/h1-14H,16H2/b20-14+. The zero-order valence-corrected chi connectivity index (χ0v) is 16.0. The van der Waals surface area contributed by atoms with Gasteiger partial charge in [0.1, 0.15) is 24.0 Å². The number of benzene rings is 3.